The van der Waals surface area contributed by atoms with Crippen molar-refractivity contribution in [3.05, 3.63) is 0 Å². The number of likely N-dealkylation sites (tertiary alicyclic amines) is 1. The summed E-state index contributed by atoms with van der Waals surface area (Å²) < 4.78 is 0. The van der Waals surface area contributed by atoms with E-state index in [1.54, 1.807) is 0 Å². The molecule has 0 aliphatic carbocycles. The van der Waals surface area contributed by atoms with Crippen molar-refractivity contribution in [2.45, 2.75) is 33.6 Å². The minimum absolute atomic E-state index is 0.712. The highest BCUT2D eigenvalue weighted by atomic mass is 16.1. The summed E-state index contributed by atoms with van der Waals surface area (Å²) in [7, 11) is 0. The number of hydrogen-bond donors (Lipinski definition) is 0. The molecule has 0 spiro atoms. The second-order valence-corrected chi connectivity index (χ2v) is 2.85. The molecule has 1 rings (SSSR count). The maximum Gasteiger partial charge on any atom is 0.209 e. The molecule has 0 radical (unpaired) electrons. The van der Waals surface area contributed by atoms with Gasteiger partial charge < -0.3 is 4.90 Å². The Labute approximate surface area is 69.6 Å². The lowest BCUT2D eigenvalue weighted by Gasteiger charge is -2.27. The molecule has 1 aliphatic heterocycles. The van der Waals surface area contributed by atoms with Crippen molar-refractivity contribution in [1.29, 1.82) is 0 Å². The normalized spacial score (nSPS) is 23.5. The van der Waals surface area contributed by atoms with Crippen LogP contribution in [0.2, 0.25) is 0 Å². The lowest BCUT2D eigenvalue weighted by atomic mass is 10.0. The first-order valence-corrected chi connectivity index (χ1v) is 4.52. The van der Waals surface area contributed by atoms with Crippen LogP contribution >= 0.6 is 0 Å². The fraction of sp³-hybridized carbons (Fsp3) is 0.889. The van der Waals surface area contributed by atoms with E-state index in [1.807, 2.05) is 18.7 Å². The van der Waals surface area contributed by atoms with E-state index >= 15 is 0 Å². The molecule has 1 aliphatic rings. The van der Waals surface area contributed by atoms with Crippen LogP contribution in [0.4, 0.5) is 0 Å². The Bertz CT molecular complexity index is 104. The van der Waals surface area contributed by atoms with Gasteiger partial charge in [0.2, 0.25) is 6.41 Å². The molecule has 1 fully saturated rings. The molecule has 0 aromatic rings. The van der Waals surface area contributed by atoms with Crippen LogP contribution in [0, 0.1) is 5.92 Å². The van der Waals surface area contributed by atoms with Gasteiger partial charge in [-0.3, -0.25) is 4.79 Å². The lowest BCUT2D eigenvalue weighted by Crippen LogP contribution is -2.32. The molecule has 2 heteroatoms. The Hall–Kier alpha value is -0.530. The van der Waals surface area contributed by atoms with Crippen molar-refractivity contribution in [3.63, 3.8) is 0 Å². The summed E-state index contributed by atoms with van der Waals surface area (Å²) in [5.74, 6) is 0.712. The molecule has 1 unspecified atom stereocenters. The SMILES string of the molecule is CC.CC1CCCN(C=O)C1. The highest BCUT2D eigenvalue weighted by Crippen LogP contribution is 2.13. The van der Waals surface area contributed by atoms with Crippen LogP contribution in [0.25, 0.3) is 0 Å². The van der Waals surface area contributed by atoms with Gasteiger partial charge in [-0.2, -0.15) is 0 Å². The van der Waals surface area contributed by atoms with Gasteiger partial charge in [0.15, 0.2) is 0 Å². The molecule has 1 atom stereocenters. The topological polar surface area (TPSA) is 20.3 Å². The number of rotatable bonds is 1. The van der Waals surface area contributed by atoms with Gasteiger partial charge in [0.1, 0.15) is 0 Å². The van der Waals surface area contributed by atoms with Crippen LogP contribution in [0.3, 0.4) is 0 Å². The van der Waals surface area contributed by atoms with Gasteiger partial charge in [0.05, 0.1) is 0 Å². The quantitative estimate of drug-likeness (QED) is 0.532. The molecule has 0 N–H and O–H groups in total. The van der Waals surface area contributed by atoms with Crippen molar-refractivity contribution in [2.75, 3.05) is 13.1 Å². The number of hydrogen-bond acceptors (Lipinski definition) is 1. The summed E-state index contributed by atoms with van der Waals surface area (Å²) in [6, 6.07) is 0. The summed E-state index contributed by atoms with van der Waals surface area (Å²) >= 11 is 0. The van der Waals surface area contributed by atoms with E-state index in [-0.39, 0.29) is 0 Å². The third-order valence-corrected chi connectivity index (χ3v) is 1.84. The predicted octanol–water partition coefficient (Wildman–Crippen LogP) is 1.90. The van der Waals surface area contributed by atoms with Gasteiger partial charge in [-0.15, -0.1) is 0 Å². The van der Waals surface area contributed by atoms with Gasteiger partial charge >= 0.3 is 0 Å². The van der Waals surface area contributed by atoms with Crippen LogP contribution in [0.1, 0.15) is 33.6 Å². The minimum atomic E-state index is 0.712. The molecule has 1 amide bonds. The maximum absolute atomic E-state index is 10.2. The van der Waals surface area contributed by atoms with Gasteiger partial charge in [0, 0.05) is 13.1 Å². The summed E-state index contributed by atoms with van der Waals surface area (Å²) in [4.78, 5) is 12.1. The Balaban J connectivity index is 0.000000461. The first-order chi connectivity index (χ1) is 5.33. The monoisotopic (exact) mass is 157 g/mol. The highest BCUT2D eigenvalue weighted by Gasteiger charge is 2.13. The largest absolute Gasteiger partial charge is 0.345 e. The molecular formula is C9H19NO. The van der Waals surface area contributed by atoms with Crippen molar-refractivity contribution in [1.82, 2.24) is 4.90 Å². The third kappa shape index (κ3) is 4.02. The summed E-state index contributed by atoms with van der Waals surface area (Å²) in [5, 5.41) is 0. The molecule has 0 saturated carbocycles. The third-order valence-electron chi connectivity index (χ3n) is 1.84. The van der Waals surface area contributed by atoms with Crippen LogP contribution in [-0.4, -0.2) is 24.4 Å². The van der Waals surface area contributed by atoms with Crippen molar-refractivity contribution in [3.8, 4) is 0 Å². The number of carbonyl (C=O) groups is 1. The molecule has 0 aromatic heterocycles. The van der Waals surface area contributed by atoms with Gasteiger partial charge in [-0.25, -0.2) is 0 Å². The van der Waals surface area contributed by atoms with E-state index in [4.69, 9.17) is 0 Å². The molecule has 11 heavy (non-hydrogen) atoms. The Kier molecular flexibility index (Phi) is 5.90. The van der Waals surface area contributed by atoms with Gasteiger partial charge in [-0.1, -0.05) is 20.8 Å². The zero-order valence-corrected chi connectivity index (χ0v) is 7.84. The molecule has 2 nitrogen and oxygen atoms in total. The second kappa shape index (κ2) is 6.20. The average molecular weight is 157 g/mol. The summed E-state index contributed by atoms with van der Waals surface area (Å²) in [5.41, 5.74) is 0. The fourth-order valence-electron chi connectivity index (χ4n) is 1.32. The van der Waals surface area contributed by atoms with Crippen molar-refractivity contribution < 1.29 is 4.79 Å². The first kappa shape index (κ1) is 10.5. The minimum Gasteiger partial charge on any atom is -0.345 e. The van der Waals surface area contributed by atoms with E-state index in [9.17, 15) is 4.79 Å². The Morgan fingerprint density at radius 3 is 2.45 bits per heavy atom. The first-order valence-electron chi connectivity index (χ1n) is 4.52. The zero-order valence-electron chi connectivity index (χ0n) is 7.84. The number of nitrogens with zero attached hydrogens (tertiary/aromatic N) is 1. The van der Waals surface area contributed by atoms with E-state index in [0.717, 1.165) is 19.5 Å². The molecule has 0 bridgehead atoms. The van der Waals surface area contributed by atoms with Gasteiger partial charge in [0.25, 0.3) is 0 Å². The standard InChI is InChI=1S/C7H13NO.C2H6/c1-7-3-2-4-8(5-7)6-9;1-2/h6-7H,2-5H2,1H3;1-2H3. The number of carbonyl (C=O) groups excluding carboxylic acids is 1. The average Bonchev–Trinajstić information content (AvgIpc) is 2.08. The second-order valence-electron chi connectivity index (χ2n) is 2.85. The van der Waals surface area contributed by atoms with Crippen LogP contribution in [0.15, 0.2) is 0 Å². The highest BCUT2D eigenvalue weighted by molar-refractivity contribution is 5.47. The Morgan fingerprint density at radius 2 is 2.09 bits per heavy atom. The van der Waals surface area contributed by atoms with Crippen LogP contribution in [-0.2, 0) is 4.79 Å². The molecule has 0 aromatic carbocycles. The smallest absolute Gasteiger partial charge is 0.209 e. The predicted molar refractivity (Wildman–Crippen MR) is 47.4 cm³/mol. The summed E-state index contributed by atoms with van der Waals surface area (Å²) in [6.07, 6.45) is 3.42. The summed E-state index contributed by atoms with van der Waals surface area (Å²) in [6.45, 7) is 8.12. The molecule has 66 valence electrons. The van der Waals surface area contributed by atoms with E-state index in [2.05, 4.69) is 6.92 Å². The van der Waals surface area contributed by atoms with Crippen molar-refractivity contribution in [2.24, 2.45) is 5.92 Å². The van der Waals surface area contributed by atoms with E-state index in [0.29, 0.717) is 5.92 Å². The molecular weight excluding hydrogens is 138 g/mol. The van der Waals surface area contributed by atoms with E-state index in [1.165, 1.54) is 12.8 Å². The van der Waals surface area contributed by atoms with Crippen LogP contribution in [0.5, 0.6) is 0 Å². The van der Waals surface area contributed by atoms with E-state index < -0.39 is 0 Å². The fourth-order valence-corrected chi connectivity index (χ4v) is 1.32. The lowest BCUT2D eigenvalue weighted by molar-refractivity contribution is -0.119. The maximum atomic E-state index is 10.2. The Morgan fingerprint density at radius 1 is 1.45 bits per heavy atom. The van der Waals surface area contributed by atoms with Crippen molar-refractivity contribution >= 4 is 6.41 Å². The number of amides is 1. The molecule has 1 saturated heterocycles. The number of piperidine rings is 1. The van der Waals surface area contributed by atoms with Gasteiger partial charge in [-0.05, 0) is 18.8 Å². The zero-order chi connectivity index (χ0) is 8.69. The molecule has 1 heterocycles. The van der Waals surface area contributed by atoms with Crippen LogP contribution < -0.4 is 0 Å².